The van der Waals surface area contributed by atoms with Gasteiger partial charge in [0.1, 0.15) is 0 Å². The zero-order valence-corrected chi connectivity index (χ0v) is 13.4. The second-order valence-corrected chi connectivity index (χ2v) is 6.09. The Balaban J connectivity index is 1.69. The van der Waals surface area contributed by atoms with Crippen molar-refractivity contribution in [3.05, 3.63) is 69.6 Å². The fourth-order valence-corrected chi connectivity index (χ4v) is 3.41. The van der Waals surface area contributed by atoms with Crippen LogP contribution in [0.15, 0.2) is 47.3 Å². The Bertz CT molecular complexity index is 1010. The number of amides is 1. The van der Waals surface area contributed by atoms with Crippen LogP contribution in [-0.4, -0.2) is 22.6 Å². The van der Waals surface area contributed by atoms with Crippen molar-refractivity contribution in [2.75, 3.05) is 11.4 Å². The van der Waals surface area contributed by atoms with Gasteiger partial charge in [-0.1, -0.05) is 30.3 Å². The maximum Gasteiger partial charge on any atom is 0.272 e. The number of aromatic nitrogens is 2. The summed E-state index contributed by atoms with van der Waals surface area (Å²) in [6.07, 6.45) is 1.05. The van der Waals surface area contributed by atoms with Crippen molar-refractivity contribution >= 4 is 22.4 Å². The maximum absolute atomic E-state index is 12.8. The summed E-state index contributed by atoms with van der Waals surface area (Å²) in [5, 5.41) is 7.89. The number of anilines is 1. The number of aryl methyl sites for hydroxylation is 1. The number of rotatable bonds is 2. The standard InChI is InChI=1S/C19H17N3O2/c1-12-5-4-8-17-13(12)9-10-22(17)18(23)11-16-14-6-2-3-7-15(14)19(24)21-20-16/h2-8H,9-11H2,1H3,(H,21,24). The van der Waals surface area contributed by atoms with Gasteiger partial charge in [-0.2, -0.15) is 5.10 Å². The van der Waals surface area contributed by atoms with Gasteiger partial charge in [0, 0.05) is 17.6 Å². The maximum atomic E-state index is 12.8. The molecule has 0 aliphatic carbocycles. The molecule has 0 bridgehead atoms. The molecule has 2 aromatic carbocycles. The zero-order chi connectivity index (χ0) is 16.7. The van der Waals surface area contributed by atoms with Gasteiger partial charge in [0.25, 0.3) is 5.56 Å². The molecule has 120 valence electrons. The first-order chi connectivity index (χ1) is 11.6. The highest BCUT2D eigenvalue weighted by Gasteiger charge is 2.26. The van der Waals surface area contributed by atoms with Crippen LogP contribution in [-0.2, 0) is 17.6 Å². The van der Waals surface area contributed by atoms with E-state index in [0.717, 1.165) is 17.5 Å². The molecule has 0 saturated heterocycles. The van der Waals surface area contributed by atoms with Gasteiger partial charge < -0.3 is 4.90 Å². The second-order valence-electron chi connectivity index (χ2n) is 6.09. The number of nitrogens with one attached hydrogen (secondary N) is 1. The smallest absolute Gasteiger partial charge is 0.272 e. The van der Waals surface area contributed by atoms with Gasteiger partial charge in [-0.05, 0) is 36.6 Å². The SMILES string of the molecule is Cc1cccc2c1CCN2C(=O)Cc1n[nH]c(=O)c2ccccc12. The minimum absolute atomic E-state index is 0.00375. The molecule has 1 aliphatic heterocycles. The Kier molecular flexibility index (Phi) is 3.41. The van der Waals surface area contributed by atoms with E-state index < -0.39 is 0 Å². The van der Waals surface area contributed by atoms with E-state index in [1.165, 1.54) is 11.1 Å². The lowest BCUT2D eigenvalue weighted by Gasteiger charge is -2.17. The van der Waals surface area contributed by atoms with Crippen molar-refractivity contribution in [1.82, 2.24) is 10.2 Å². The third-order valence-corrected chi connectivity index (χ3v) is 4.66. The van der Waals surface area contributed by atoms with Crippen LogP contribution in [0.1, 0.15) is 16.8 Å². The van der Waals surface area contributed by atoms with Crippen LogP contribution in [0.2, 0.25) is 0 Å². The fourth-order valence-electron chi connectivity index (χ4n) is 3.41. The van der Waals surface area contributed by atoms with Crippen LogP contribution in [0.3, 0.4) is 0 Å². The van der Waals surface area contributed by atoms with Gasteiger partial charge >= 0.3 is 0 Å². The average Bonchev–Trinajstić information content (AvgIpc) is 3.03. The minimum Gasteiger partial charge on any atom is -0.311 e. The van der Waals surface area contributed by atoms with Crippen LogP contribution in [0.5, 0.6) is 0 Å². The third-order valence-electron chi connectivity index (χ3n) is 4.66. The van der Waals surface area contributed by atoms with Gasteiger partial charge in [0.15, 0.2) is 0 Å². The van der Waals surface area contributed by atoms with Crippen molar-refractivity contribution < 1.29 is 4.79 Å². The summed E-state index contributed by atoms with van der Waals surface area (Å²) < 4.78 is 0. The molecule has 0 unspecified atom stereocenters. The topological polar surface area (TPSA) is 66.1 Å². The highest BCUT2D eigenvalue weighted by Crippen LogP contribution is 2.30. The summed E-state index contributed by atoms with van der Waals surface area (Å²) >= 11 is 0. The predicted molar refractivity (Wildman–Crippen MR) is 93.3 cm³/mol. The first kappa shape index (κ1) is 14.6. The Labute approximate surface area is 138 Å². The molecular weight excluding hydrogens is 302 g/mol. The number of fused-ring (bicyclic) bond motifs is 2. The lowest BCUT2D eigenvalue weighted by Crippen LogP contribution is -2.31. The first-order valence-corrected chi connectivity index (χ1v) is 8.00. The quantitative estimate of drug-likeness (QED) is 0.788. The number of aromatic amines is 1. The Hall–Kier alpha value is -2.95. The number of nitrogens with zero attached hydrogens (tertiary/aromatic N) is 2. The summed E-state index contributed by atoms with van der Waals surface area (Å²) in [4.78, 5) is 26.5. The minimum atomic E-state index is -0.232. The molecule has 5 heteroatoms. The summed E-state index contributed by atoms with van der Waals surface area (Å²) in [6, 6.07) is 13.3. The molecule has 0 radical (unpaired) electrons. The summed E-state index contributed by atoms with van der Waals surface area (Å²) in [6.45, 7) is 2.77. The Morgan fingerprint density at radius 1 is 1.17 bits per heavy atom. The van der Waals surface area contributed by atoms with Gasteiger partial charge in [-0.25, -0.2) is 5.10 Å². The Morgan fingerprint density at radius 2 is 1.96 bits per heavy atom. The Morgan fingerprint density at radius 3 is 2.79 bits per heavy atom. The molecule has 2 heterocycles. The molecule has 1 aromatic heterocycles. The summed E-state index contributed by atoms with van der Waals surface area (Å²) in [5.74, 6) is 0.00375. The molecule has 1 N–H and O–H groups in total. The average molecular weight is 319 g/mol. The fraction of sp³-hybridized carbons (Fsp3) is 0.211. The summed E-state index contributed by atoms with van der Waals surface area (Å²) in [7, 11) is 0. The van der Waals surface area contributed by atoms with E-state index in [1.54, 1.807) is 6.07 Å². The van der Waals surface area contributed by atoms with E-state index in [4.69, 9.17) is 0 Å². The van der Waals surface area contributed by atoms with Crippen LogP contribution in [0.4, 0.5) is 5.69 Å². The molecule has 24 heavy (non-hydrogen) atoms. The molecule has 4 rings (SSSR count). The van der Waals surface area contributed by atoms with Gasteiger partial charge in [-0.3, -0.25) is 9.59 Å². The molecule has 1 amide bonds. The normalized spacial score (nSPS) is 13.3. The summed E-state index contributed by atoms with van der Waals surface area (Å²) in [5.41, 5.74) is 3.83. The van der Waals surface area contributed by atoms with Crippen LogP contribution < -0.4 is 10.5 Å². The molecule has 0 atom stereocenters. The molecule has 1 aliphatic rings. The van der Waals surface area contributed by atoms with Crippen LogP contribution in [0.25, 0.3) is 10.8 Å². The van der Waals surface area contributed by atoms with Crippen molar-refractivity contribution in [1.29, 1.82) is 0 Å². The monoisotopic (exact) mass is 319 g/mol. The number of hydrogen-bond donors (Lipinski definition) is 1. The van der Waals surface area contributed by atoms with Crippen molar-refractivity contribution in [2.24, 2.45) is 0 Å². The second kappa shape index (κ2) is 5.60. The van der Waals surface area contributed by atoms with E-state index in [-0.39, 0.29) is 17.9 Å². The van der Waals surface area contributed by atoms with Crippen LogP contribution >= 0.6 is 0 Å². The molecule has 5 nitrogen and oxygen atoms in total. The van der Waals surface area contributed by atoms with Crippen molar-refractivity contribution in [3.63, 3.8) is 0 Å². The lowest BCUT2D eigenvalue weighted by molar-refractivity contribution is -0.117. The molecule has 0 fully saturated rings. The number of benzene rings is 2. The molecule has 0 spiro atoms. The van der Waals surface area contributed by atoms with Gasteiger partial charge in [0.05, 0.1) is 17.5 Å². The third kappa shape index (κ3) is 2.29. The van der Waals surface area contributed by atoms with Crippen LogP contribution in [0, 0.1) is 6.92 Å². The first-order valence-electron chi connectivity index (χ1n) is 8.00. The molecular formula is C19H17N3O2. The number of hydrogen-bond acceptors (Lipinski definition) is 3. The molecule has 0 saturated carbocycles. The number of H-pyrrole nitrogens is 1. The lowest BCUT2D eigenvalue weighted by atomic mass is 10.1. The molecule has 3 aromatic rings. The highest BCUT2D eigenvalue weighted by molar-refractivity contribution is 5.98. The van der Waals surface area contributed by atoms with E-state index in [1.807, 2.05) is 35.2 Å². The van der Waals surface area contributed by atoms with Crippen molar-refractivity contribution in [2.45, 2.75) is 19.8 Å². The largest absolute Gasteiger partial charge is 0.311 e. The van der Waals surface area contributed by atoms with Gasteiger partial charge in [-0.15, -0.1) is 0 Å². The highest BCUT2D eigenvalue weighted by atomic mass is 16.2. The van der Waals surface area contributed by atoms with E-state index in [9.17, 15) is 9.59 Å². The van der Waals surface area contributed by atoms with E-state index in [0.29, 0.717) is 17.6 Å². The van der Waals surface area contributed by atoms with E-state index in [2.05, 4.69) is 23.2 Å². The number of carbonyl (C=O) groups is 1. The van der Waals surface area contributed by atoms with Gasteiger partial charge in [0.2, 0.25) is 5.91 Å². The predicted octanol–water partition coefficient (Wildman–Crippen LogP) is 2.36. The zero-order valence-electron chi connectivity index (χ0n) is 13.4. The van der Waals surface area contributed by atoms with Crippen molar-refractivity contribution in [3.8, 4) is 0 Å². The van der Waals surface area contributed by atoms with E-state index >= 15 is 0 Å². The number of carbonyl (C=O) groups excluding carboxylic acids is 1.